The lowest BCUT2D eigenvalue weighted by molar-refractivity contribution is -0.183. The van der Waals surface area contributed by atoms with E-state index in [1.54, 1.807) is 0 Å². The van der Waals surface area contributed by atoms with Gasteiger partial charge in [0.15, 0.2) is 6.10 Å². The minimum Gasteiger partial charge on any atom is -0.381 e. The molecule has 2 aliphatic rings. The second kappa shape index (κ2) is 8.89. The standard InChI is InChI=1S/C17H26F5N3O3/c1-16(18,19)6-4-11(13(26)15(28)24-10-2-3-10)25-14(27)12-8-9(5-7-23-12)17(20,21)22/h9-13,23,26H,2-8H2,1H3,(H,24,28)(H,25,27)/t9?,11-,12?,13-/m0/s1. The van der Waals surface area contributed by atoms with Gasteiger partial charge in [-0.05, 0) is 45.6 Å². The van der Waals surface area contributed by atoms with Crippen LogP contribution in [-0.4, -0.2) is 59.8 Å². The van der Waals surface area contributed by atoms with E-state index in [1.807, 2.05) is 0 Å². The summed E-state index contributed by atoms with van der Waals surface area (Å²) in [7, 11) is 0. The van der Waals surface area contributed by atoms with E-state index in [4.69, 9.17) is 0 Å². The zero-order valence-corrected chi connectivity index (χ0v) is 15.5. The van der Waals surface area contributed by atoms with Crippen LogP contribution in [0.25, 0.3) is 0 Å². The van der Waals surface area contributed by atoms with Crippen LogP contribution in [0.2, 0.25) is 0 Å². The SMILES string of the molecule is CC(F)(F)CC[C@H](NC(=O)C1CC(C(F)(F)F)CCN1)[C@H](O)C(=O)NC1CC1. The number of hydrogen-bond donors (Lipinski definition) is 4. The number of piperidine rings is 1. The minimum absolute atomic E-state index is 0.0231. The molecule has 2 fully saturated rings. The summed E-state index contributed by atoms with van der Waals surface area (Å²) in [6, 6.07) is -2.59. The van der Waals surface area contributed by atoms with Gasteiger partial charge in [-0.2, -0.15) is 13.2 Å². The molecular weight excluding hydrogens is 389 g/mol. The van der Waals surface area contributed by atoms with Crippen molar-refractivity contribution in [2.45, 2.75) is 81.8 Å². The van der Waals surface area contributed by atoms with Crippen molar-refractivity contribution in [1.29, 1.82) is 0 Å². The summed E-state index contributed by atoms with van der Waals surface area (Å²) in [6.07, 6.45) is -6.47. The topological polar surface area (TPSA) is 90.5 Å². The largest absolute Gasteiger partial charge is 0.391 e. The number of hydrogen-bond acceptors (Lipinski definition) is 4. The zero-order valence-electron chi connectivity index (χ0n) is 15.5. The van der Waals surface area contributed by atoms with Gasteiger partial charge in [0.2, 0.25) is 11.8 Å². The Hall–Kier alpha value is -1.49. The van der Waals surface area contributed by atoms with Crippen molar-refractivity contribution < 1.29 is 36.6 Å². The summed E-state index contributed by atoms with van der Waals surface area (Å²) in [6.45, 7) is 0.643. The van der Waals surface area contributed by atoms with Crippen LogP contribution in [0.5, 0.6) is 0 Å². The molecule has 4 atom stereocenters. The Labute approximate surface area is 159 Å². The molecule has 2 rings (SSSR count). The first-order chi connectivity index (χ1) is 12.9. The van der Waals surface area contributed by atoms with Crippen LogP contribution in [0.3, 0.4) is 0 Å². The number of alkyl halides is 5. The molecule has 162 valence electrons. The molecule has 4 N–H and O–H groups in total. The molecule has 1 aliphatic heterocycles. The Balaban J connectivity index is 2.00. The average Bonchev–Trinajstić information content (AvgIpc) is 3.40. The molecular formula is C17H26F5N3O3. The summed E-state index contributed by atoms with van der Waals surface area (Å²) in [4.78, 5) is 24.4. The van der Waals surface area contributed by atoms with Gasteiger partial charge < -0.3 is 21.1 Å². The highest BCUT2D eigenvalue weighted by molar-refractivity contribution is 5.85. The van der Waals surface area contributed by atoms with E-state index in [0.29, 0.717) is 6.92 Å². The van der Waals surface area contributed by atoms with Gasteiger partial charge in [0.1, 0.15) is 0 Å². The van der Waals surface area contributed by atoms with Gasteiger partial charge in [-0.1, -0.05) is 0 Å². The molecule has 0 aromatic heterocycles. The van der Waals surface area contributed by atoms with Crippen molar-refractivity contribution >= 4 is 11.8 Å². The number of carbonyl (C=O) groups is 2. The van der Waals surface area contributed by atoms with E-state index in [0.717, 1.165) is 12.8 Å². The van der Waals surface area contributed by atoms with E-state index in [-0.39, 0.29) is 19.0 Å². The third-order valence-electron chi connectivity index (χ3n) is 4.98. The third kappa shape index (κ3) is 7.16. The van der Waals surface area contributed by atoms with Crippen LogP contribution in [0.4, 0.5) is 22.0 Å². The average molecular weight is 415 g/mol. The maximum Gasteiger partial charge on any atom is 0.391 e. The maximum absolute atomic E-state index is 13.2. The molecule has 1 heterocycles. The Kier molecular flexibility index (Phi) is 7.24. The Bertz CT molecular complexity index is 563. The Morgan fingerprint density at radius 2 is 1.82 bits per heavy atom. The molecule has 11 heteroatoms. The van der Waals surface area contributed by atoms with Crippen molar-refractivity contribution in [3.8, 4) is 0 Å². The van der Waals surface area contributed by atoms with Gasteiger partial charge in [0, 0.05) is 12.5 Å². The molecule has 2 unspecified atom stereocenters. The van der Waals surface area contributed by atoms with E-state index in [9.17, 15) is 36.6 Å². The molecule has 0 aromatic rings. The van der Waals surface area contributed by atoms with E-state index in [1.165, 1.54) is 0 Å². The van der Waals surface area contributed by atoms with Gasteiger partial charge >= 0.3 is 6.18 Å². The first-order valence-electron chi connectivity index (χ1n) is 9.33. The summed E-state index contributed by atoms with van der Waals surface area (Å²) in [5, 5.41) is 17.7. The van der Waals surface area contributed by atoms with Crippen LogP contribution in [0.15, 0.2) is 0 Å². The van der Waals surface area contributed by atoms with Crippen LogP contribution in [0.1, 0.15) is 45.4 Å². The normalized spacial score (nSPS) is 25.7. The lowest BCUT2D eigenvalue weighted by atomic mass is 9.91. The van der Waals surface area contributed by atoms with Crippen LogP contribution < -0.4 is 16.0 Å². The summed E-state index contributed by atoms with van der Waals surface area (Å²) in [5.74, 6) is -6.38. The number of rotatable bonds is 8. The van der Waals surface area contributed by atoms with Gasteiger partial charge in [-0.25, -0.2) is 8.78 Å². The van der Waals surface area contributed by atoms with E-state index < -0.39 is 67.3 Å². The second-order valence-corrected chi connectivity index (χ2v) is 7.72. The van der Waals surface area contributed by atoms with Crippen LogP contribution >= 0.6 is 0 Å². The number of aliphatic hydroxyl groups excluding tert-OH is 1. The van der Waals surface area contributed by atoms with Gasteiger partial charge in [0.05, 0.1) is 18.0 Å². The van der Waals surface area contributed by atoms with Crippen LogP contribution in [0, 0.1) is 5.92 Å². The monoisotopic (exact) mass is 415 g/mol. The Morgan fingerprint density at radius 1 is 1.18 bits per heavy atom. The van der Waals surface area contributed by atoms with Crippen molar-refractivity contribution in [1.82, 2.24) is 16.0 Å². The Morgan fingerprint density at radius 3 is 2.36 bits per heavy atom. The summed E-state index contributed by atoms with van der Waals surface area (Å²) in [5.41, 5.74) is 0. The first-order valence-corrected chi connectivity index (χ1v) is 9.33. The highest BCUT2D eigenvalue weighted by Crippen LogP contribution is 2.34. The molecule has 1 saturated carbocycles. The molecule has 6 nitrogen and oxygen atoms in total. The molecule has 1 aliphatic carbocycles. The highest BCUT2D eigenvalue weighted by atomic mass is 19.4. The predicted molar refractivity (Wildman–Crippen MR) is 89.5 cm³/mol. The molecule has 0 spiro atoms. The van der Waals surface area contributed by atoms with Gasteiger partial charge in [-0.15, -0.1) is 0 Å². The quantitative estimate of drug-likeness (QED) is 0.452. The molecule has 0 radical (unpaired) electrons. The predicted octanol–water partition coefficient (Wildman–Crippen LogP) is 1.48. The lowest BCUT2D eigenvalue weighted by Crippen LogP contribution is -2.57. The van der Waals surface area contributed by atoms with Crippen molar-refractivity contribution in [3.63, 3.8) is 0 Å². The fourth-order valence-electron chi connectivity index (χ4n) is 3.11. The number of carbonyl (C=O) groups excluding carboxylic acids is 2. The number of aliphatic hydroxyl groups is 1. The third-order valence-corrected chi connectivity index (χ3v) is 4.98. The molecule has 2 amide bonds. The van der Waals surface area contributed by atoms with E-state index >= 15 is 0 Å². The van der Waals surface area contributed by atoms with Crippen molar-refractivity contribution in [3.05, 3.63) is 0 Å². The number of nitrogens with one attached hydrogen (secondary N) is 3. The summed E-state index contributed by atoms with van der Waals surface area (Å²) >= 11 is 0. The number of halogens is 5. The lowest BCUT2D eigenvalue weighted by Gasteiger charge is -2.32. The fraction of sp³-hybridized carbons (Fsp3) is 0.882. The molecule has 1 saturated heterocycles. The van der Waals surface area contributed by atoms with Crippen molar-refractivity contribution in [2.75, 3.05) is 6.54 Å². The zero-order chi connectivity index (χ0) is 21.1. The van der Waals surface area contributed by atoms with Crippen molar-refractivity contribution in [2.24, 2.45) is 5.92 Å². The smallest absolute Gasteiger partial charge is 0.381 e. The molecule has 0 aromatic carbocycles. The second-order valence-electron chi connectivity index (χ2n) is 7.72. The van der Waals surface area contributed by atoms with Gasteiger partial charge in [0.25, 0.3) is 5.91 Å². The van der Waals surface area contributed by atoms with E-state index in [2.05, 4.69) is 16.0 Å². The van der Waals surface area contributed by atoms with Gasteiger partial charge in [-0.3, -0.25) is 9.59 Å². The minimum atomic E-state index is -4.44. The maximum atomic E-state index is 13.2. The molecule has 0 bridgehead atoms. The fourth-order valence-corrected chi connectivity index (χ4v) is 3.11. The first kappa shape index (κ1) is 22.8. The van der Waals surface area contributed by atoms with Crippen LogP contribution in [-0.2, 0) is 9.59 Å². The highest BCUT2D eigenvalue weighted by Gasteiger charge is 2.44. The number of amides is 2. The summed E-state index contributed by atoms with van der Waals surface area (Å²) < 4.78 is 65.2. The molecule has 28 heavy (non-hydrogen) atoms.